The standard InChI is InChI=1S/C10H13NO4/c12-6-2-1-3-8(7-13)11-9(14)4-5-10(11)15/h6-8H,1-5H2. The average Bonchev–Trinajstić information content (AvgIpc) is 2.55. The van der Waals surface area contributed by atoms with Gasteiger partial charge in [-0.15, -0.1) is 0 Å². The third-order valence-electron chi connectivity index (χ3n) is 2.40. The molecule has 0 spiro atoms. The van der Waals surface area contributed by atoms with Crippen molar-refractivity contribution in [3.8, 4) is 0 Å². The molecule has 1 fully saturated rings. The lowest BCUT2D eigenvalue weighted by molar-refractivity contribution is -0.143. The van der Waals surface area contributed by atoms with Crippen LogP contribution in [0.5, 0.6) is 0 Å². The first-order valence-corrected chi connectivity index (χ1v) is 4.94. The van der Waals surface area contributed by atoms with Gasteiger partial charge in [0, 0.05) is 19.3 Å². The van der Waals surface area contributed by atoms with E-state index in [0.29, 0.717) is 25.5 Å². The van der Waals surface area contributed by atoms with Crippen molar-refractivity contribution in [2.75, 3.05) is 0 Å². The number of likely N-dealkylation sites (tertiary alicyclic amines) is 1. The van der Waals surface area contributed by atoms with Gasteiger partial charge in [0.25, 0.3) is 0 Å². The molecule has 0 aromatic rings. The zero-order chi connectivity index (χ0) is 11.3. The minimum atomic E-state index is -0.688. The average molecular weight is 211 g/mol. The van der Waals surface area contributed by atoms with Crippen LogP contribution in [0.4, 0.5) is 0 Å². The molecular formula is C10H13NO4. The van der Waals surface area contributed by atoms with Gasteiger partial charge in [0.05, 0.1) is 6.04 Å². The molecule has 1 aliphatic heterocycles. The lowest BCUT2D eigenvalue weighted by Gasteiger charge is -2.20. The Labute approximate surface area is 87.4 Å². The van der Waals surface area contributed by atoms with Gasteiger partial charge in [0.2, 0.25) is 11.8 Å². The number of imide groups is 1. The smallest absolute Gasteiger partial charge is 0.230 e. The fraction of sp³-hybridized carbons (Fsp3) is 0.600. The van der Waals surface area contributed by atoms with Crippen molar-refractivity contribution in [3.63, 3.8) is 0 Å². The molecule has 1 rings (SSSR count). The Hall–Kier alpha value is -1.52. The number of aldehydes is 2. The Bertz CT molecular complexity index is 271. The molecule has 15 heavy (non-hydrogen) atoms. The first-order valence-electron chi connectivity index (χ1n) is 4.94. The van der Waals surface area contributed by atoms with Gasteiger partial charge in [-0.05, 0) is 12.8 Å². The van der Waals surface area contributed by atoms with Gasteiger partial charge >= 0.3 is 0 Å². The van der Waals surface area contributed by atoms with E-state index >= 15 is 0 Å². The second-order valence-electron chi connectivity index (χ2n) is 3.46. The van der Waals surface area contributed by atoms with Crippen LogP contribution < -0.4 is 0 Å². The molecule has 1 aliphatic rings. The largest absolute Gasteiger partial charge is 0.303 e. The van der Waals surface area contributed by atoms with E-state index in [2.05, 4.69) is 0 Å². The fourth-order valence-corrected chi connectivity index (χ4v) is 1.63. The zero-order valence-corrected chi connectivity index (χ0v) is 8.35. The summed E-state index contributed by atoms with van der Waals surface area (Å²) in [5.41, 5.74) is 0. The van der Waals surface area contributed by atoms with Crippen molar-refractivity contribution >= 4 is 24.4 Å². The second kappa shape index (κ2) is 5.38. The maximum absolute atomic E-state index is 11.3. The highest BCUT2D eigenvalue weighted by atomic mass is 16.2. The van der Waals surface area contributed by atoms with Crippen LogP contribution in [-0.2, 0) is 19.2 Å². The van der Waals surface area contributed by atoms with Gasteiger partial charge in [-0.25, -0.2) is 0 Å². The van der Waals surface area contributed by atoms with Crippen molar-refractivity contribution in [3.05, 3.63) is 0 Å². The van der Waals surface area contributed by atoms with Crippen LogP contribution in [0, 0.1) is 0 Å². The Kier molecular flexibility index (Phi) is 4.15. The van der Waals surface area contributed by atoms with Gasteiger partial charge in [-0.3, -0.25) is 14.5 Å². The second-order valence-corrected chi connectivity index (χ2v) is 3.46. The van der Waals surface area contributed by atoms with E-state index in [4.69, 9.17) is 0 Å². The van der Waals surface area contributed by atoms with Crippen LogP contribution in [0.3, 0.4) is 0 Å². The number of rotatable bonds is 6. The van der Waals surface area contributed by atoms with Crippen LogP contribution in [-0.4, -0.2) is 35.3 Å². The molecule has 0 bridgehead atoms. The topological polar surface area (TPSA) is 71.5 Å². The molecule has 1 heterocycles. The van der Waals surface area contributed by atoms with E-state index in [1.807, 2.05) is 0 Å². The van der Waals surface area contributed by atoms with Crippen molar-refractivity contribution in [2.45, 2.75) is 38.1 Å². The summed E-state index contributed by atoms with van der Waals surface area (Å²) in [6, 6.07) is -0.688. The van der Waals surface area contributed by atoms with Gasteiger partial charge < -0.3 is 9.59 Å². The van der Waals surface area contributed by atoms with E-state index in [1.54, 1.807) is 0 Å². The predicted octanol–water partition coefficient (Wildman–Crippen LogP) is 0.0721. The van der Waals surface area contributed by atoms with Crippen LogP contribution >= 0.6 is 0 Å². The molecule has 0 N–H and O–H groups in total. The minimum Gasteiger partial charge on any atom is -0.303 e. The lowest BCUT2D eigenvalue weighted by Crippen LogP contribution is -2.40. The number of amides is 2. The number of carbonyl (C=O) groups excluding carboxylic acids is 4. The molecule has 0 saturated carbocycles. The van der Waals surface area contributed by atoms with Gasteiger partial charge in [-0.2, -0.15) is 0 Å². The summed E-state index contributed by atoms with van der Waals surface area (Å²) in [7, 11) is 0. The van der Waals surface area contributed by atoms with Crippen molar-refractivity contribution in [1.82, 2.24) is 4.90 Å². The summed E-state index contributed by atoms with van der Waals surface area (Å²) >= 11 is 0. The maximum atomic E-state index is 11.3. The Morgan fingerprint density at radius 2 is 1.80 bits per heavy atom. The number of hydrogen-bond donors (Lipinski definition) is 0. The SMILES string of the molecule is O=CCCCC(C=O)N1C(=O)CCC1=O. The quantitative estimate of drug-likeness (QED) is 0.354. The molecular weight excluding hydrogens is 198 g/mol. The molecule has 0 aromatic carbocycles. The van der Waals surface area contributed by atoms with Crippen molar-refractivity contribution < 1.29 is 19.2 Å². The number of hydrogen-bond acceptors (Lipinski definition) is 4. The lowest BCUT2D eigenvalue weighted by atomic mass is 10.1. The highest BCUT2D eigenvalue weighted by Gasteiger charge is 2.34. The van der Waals surface area contributed by atoms with Crippen LogP contribution in [0.25, 0.3) is 0 Å². The van der Waals surface area contributed by atoms with Crippen molar-refractivity contribution in [1.29, 1.82) is 0 Å². The van der Waals surface area contributed by atoms with Crippen LogP contribution in [0.2, 0.25) is 0 Å². The highest BCUT2D eigenvalue weighted by molar-refractivity contribution is 6.03. The molecule has 5 heteroatoms. The summed E-state index contributed by atoms with van der Waals surface area (Å²) in [5, 5.41) is 0. The maximum Gasteiger partial charge on any atom is 0.230 e. The first kappa shape index (κ1) is 11.6. The molecule has 1 atom stereocenters. The monoisotopic (exact) mass is 211 g/mol. The molecule has 0 radical (unpaired) electrons. The van der Waals surface area contributed by atoms with E-state index < -0.39 is 6.04 Å². The summed E-state index contributed by atoms with van der Waals surface area (Å²) in [6.07, 6.45) is 2.99. The Balaban J connectivity index is 2.56. The number of carbonyl (C=O) groups is 4. The molecule has 5 nitrogen and oxygen atoms in total. The first-order chi connectivity index (χ1) is 7.20. The van der Waals surface area contributed by atoms with E-state index in [9.17, 15) is 19.2 Å². The van der Waals surface area contributed by atoms with Gasteiger partial charge in [-0.1, -0.05) is 0 Å². The normalized spacial score (nSPS) is 18.0. The molecule has 1 unspecified atom stereocenters. The number of unbranched alkanes of at least 4 members (excludes halogenated alkanes) is 1. The van der Waals surface area contributed by atoms with Gasteiger partial charge in [0.1, 0.15) is 12.6 Å². The molecule has 2 amide bonds. The molecule has 0 aromatic heterocycles. The number of nitrogens with zero attached hydrogens (tertiary/aromatic N) is 1. The van der Waals surface area contributed by atoms with Crippen LogP contribution in [0.15, 0.2) is 0 Å². The summed E-state index contributed by atoms with van der Waals surface area (Å²) in [6.45, 7) is 0. The zero-order valence-electron chi connectivity index (χ0n) is 8.35. The predicted molar refractivity (Wildman–Crippen MR) is 50.9 cm³/mol. The highest BCUT2D eigenvalue weighted by Crippen LogP contribution is 2.17. The molecule has 0 aliphatic carbocycles. The Morgan fingerprint density at radius 3 is 2.27 bits per heavy atom. The molecule has 82 valence electrons. The van der Waals surface area contributed by atoms with Crippen LogP contribution in [0.1, 0.15) is 32.1 Å². The summed E-state index contributed by atoms with van der Waals surface area (Å²) in [4.78, 5) is 44.4. The summed E-state index contributed by atoms with van der Waals surface area (Å²) < 4.78 is 0. The fourth-order valence-electron chi connectivity index (χ4n) is 1.63. The van der Waals surface area contributed by atoms with E-state index in [-0.39, 0.29) is 24.7 Å². The van der Waals surface area contributed by atoms with E-state index in [1.165, 1.54) is 0 Å². The summed E-state index contributed by atoms with van der Waals surface area (Å²) in [5.74, 6) is -0.577. The third kappa shape index (κ3) is 2.71. The van der Waals surface area contributed by atoms with Gasteiger partial charge in [0.15, 0.2) is 0 Å². The Morgan fingerprint density at radius 1 is 1.20 bits per heavy atom. The van der Waals surface area contributed by atoms with E-state index in [0.717, 1.165) is 11.2 Å². The minimum absolute atomic E-state index is 0.191. The van der Waals surface area contributed by atoms with Crippen molar-refractivity contribution in [2.24, 2.45) is 0 Å². The molecule has 1 saturated heterocycles. The third-order valence-corrected chi connectivity index (χ3v) is 2.40.